The number of benzene rings is 1. The fraction of sp³-hybridized carbons (Fsp3) is 0. The first-order chi connectivity index (χ1) is 4.33. The third-order valence-corrected chi connectivity index (χ3v) is 1.23. The molecule has 0 bridgehead atoms. The molecule has 0 radical (unpaired) electrons. The number of halogens is 2. The van der Waals surface area contributed by atoms with Crippen molar-refractivity contribution in [2.75, 3.05) is 5.43 Å². The zero-order valence-electron chi connectivity index (χ0n) is 5.17. The van der Waals surface area contributed by atoms with Gasteiger partial charge in [0.25, 0.3) is 0 Å². The zero-order valence-corrected chi connectivity index (χ0v) is 7.64. The van der Waals surface area contributed by atoms with Crippen LogP contribution >= 0.6 is 28.6 Å². The van der Waals surface area contributed by atoms with Crippen LogP contribution in [-0.4, -0.2) is 0 Å². The van der Waals surface area contributed by atoms with E-state index >= 15 is 0 Å². The van der Waals surface area contributed by atoms with E-state index in [-0.39, 0.29) is 17.0 Å². The molecule has 0 unspecified atom stereocenters. The van der Waals surface area contributed by atoms with Crippen LogP contribution in [0.1, 0.15) is 0 Å². The van der Waals surface area contributed by atoms with Gasteiger partial charge in [0.1, 0.15) is 0 Å². The summed E-state index contributed by atoms with van der Waals surface area (Å²) in [5.41, 5.74) is 3.31. The van der Waals surface area contributed by atoms with Gasteiger partial charge in [0.05, 0.1) is 0 Å². The lowest BCUT2D eigenvalue weighted by Gasteiger charge is -1.96. The number of hydrogen-bond acceptors (Lipinski definition) is 2. The molecule has 56 valence electrons. The van der Waals surface area contributed by atoms with Crippen molar-refractivity contribution in [2.45, 2.75) is 0 Å². The number of rotatable bonds is 1. The highest BCUT2D eigenvalue weighted by Gasteiger charge is 1.87. The molecule has 3 N–H and O–H groups in total. The van der Waals surface area contributed by atoms with E-state index in [4.69, 9.17) is 17.4 Å². The Labute approximate surface area is 75.1 Å². The maximum atomic E-state index is 5.63. The second-order valence-corrected chi connectivity index (χ2v) is 2.09. The van der Waals surface area contributed by atoms with Crippen molar-refractivity contribution in [1.29, 1.82) is 0 Å². The Morgan fingerprint density at radius 1 is 1.40 bits per heavy atom. The molecule has 0 fully saturated rings. The summed E-state index contributed by atoms with van der Waals surface area (Å²) in [6.45, 7) is 0. The van der Waals surface area contributed by atoms with E-state index in [1.165, 1.54) is 0 Å². The first-order valence-corrected chi connectivity index (χ1v) is 2.93. The summed E-state index contributed by atoms with van der Waals surface area (Å²) in [6.07, 6.45) is 0. The maximum Gasteiger partial charge on any atom is 0.0499 e. The number of nitrogen functional groups attached to an aromatic ring is 1. The van der Waals surface area contributed by atoms with E-state index in [9.17, 15) is 0 Å². The van der Waals surface area contributed by atoms with Gasteiger partial charge in [-0.15, -0.1) is 17.0 Å². The van der Waals surface area contributed by atoms with E-state index in [1.807, 2.05) is 12.1 Å². The monoisotopic (exact) mass is 222 g/mol. The highest BCUT2D eigenvalue weighted by molar-refractivity contribution is 8.93. The molecule has 1 rings (SSSR count). The third kappa shape index (κ3) is 2.56. The van der Waals surface area contributed by atoms with Gasteiger partial charge < -0.3 is 5.43 Å². The summed E-state index contributed by atoms with van der Waals surface area (Å²) < 4.78 is 0. The van der Waals surface area contributed by atoms with E-state index < -0.39 is 0 Å². The zero-order chi connectivity index (χ0) is 6.69. The lowest BCUT2D eigenvalue weighted by molar-refractivity contribution is 1.35. The minimum atomic E-state index is 0. The Morgan fingerprint density at radius 2 is 2.10 bits per heavy atom. The Balaban J connectivity index is 0.000000810. The summed E-state index contributed by atoms with van der Waals surface area (Å²) in [5, 5.41) is 0.686. The molecule has 10 heavy (non-hydrogen) atoms. The highest BCUT2D eigenvalue weighted by Crippen LogP contribution is 2.12. The highest BCUT2D eigenvalue weighted by atomic mass is 79.9. The van der Waals surface area contributed by atoms with Gasteiger partial charge in [-0.1, -0.05) is 17.7 Å². The quantitative estimate of drug-likeness (QED) is 0.566. The molecular formula is C6H8BrClN2. The first-order valence-electron chi connectivity index (χ1n) is 2.55. The number of anilines is 1. The standard InChI is InChI=1S/C6H7ClN2.BrH/c7-5-2-1-3-6(4-5)9-8;/h1-4,9H,8H2;1H. The van der Waals surface area contributed by atoms with Crippen molar-refractivity contribution in [3.8, 4) is 0 Å². The fourth-order valence-corrected chi connectivity index (χ4v) is 0.769. The van der Waals surface area contributed by atoms with E-state index in [0.29, 0.717) is 5.02 Å². The number of nitrogens with two attached hydrogens (primary N) is 1. The smallest absolute Gasteiger partial charge is 0.0499 e. The van der Waals surface area contributed by atoms with Crippen LogP contribution in [0, 0.1) is 0 Å². The molecular weight excluding hydrogens is 215 g/mol. The molecule has 0 amide bonds. The van der Waals surface area contributed by atoms with Gasteiger partial charge in [-0.2, -0.15) is 0 Å². The topological polar surface area (TPSA) is 38.0 Å². The molecule has 0 saturated heterocycles. The van der Waals surface area contributed by atoms with Gasteiger partial charge in [-0.25, -0.2) is 0 Å². The predicted octanol–water partition coefficient (Wildman–Crippen LogP) is 2.20. The minimum Gasteiger partial charge on any atom is -0.324 e. The Bertz CT molecular complexity index is 205. The van der Waals surface area contributed by atoms with Crippen LogP contribution in [0.2, 0.25) is 5.02 Å². The SMILES string of the molecule is Br.NNc1cccc(Cl)c1. The van der Waals surface area contributed by atoms with Crippen LogP contribution in [0.5, 0.6) is 0 Å². The second kappa shape index (κ2) is 4.55. The Kier molecular flexibility index (Phi) is 4.43. The molecule has 1 aromatic rings. The molecule has 0 aromatic heterocycles. The van der Waals surface area contributed by atoms with Crippen LogP contribution in [0.4, 0.5) is 5.69 Å². The van der Waals surface area contributed by atoms with Crippen molar-refractivity contribution >= 4 is 34.3 Å². The molecule has 1 aromatic carbocycles. The molecule has 0 spiro atoms. The molecule has 0 aliphatic carbocycles. The first kappa shape index (κ1) is 9.75. The minimum absolute atomic E-state index is 0. The molecule has 0 saturated carbocycles. The second-order valence-electron chi connectivity index (χ2n) is 1.65. The molecule has 0 aliphatic rings. The summed E-state index contributed by atoms with van der Waals surface area (Å²) in [4.78, 5) is 0. The van der Waals surface area contributed by atoms with E-state index in [0.717, 1.165) is 5.69 Å². The summed E-state index contributed by atoms with van der Waals surface area (Å²) in [6, 6.07) is 7.22. The summed E-state index contributed by atoms with van der Waals surface area (Å²) >= 11 is 5.63. The fourth-order valence-electron chi connectivity index (χ4n) is 0.578. The summed E-state index contributed by atoms with van der Waals surface area (Å²) in [7, 11) is 0. The maximum absolute atomic E-state index is 5.63. The largest absolute Gasteiger partial charge is 0.324 e. The van der Waals surface area contributed by atoms with Gasteiger partial charge in [-0.3, -0.25) is 5.84 Å². The average molecular weight is 224 g/mol. The normalized spacial score (nSPS) is 8.20. The summed E-state index contributed by atoms with van der Waals surface area (Å²) in [5.74, 6) is 5.11. The Hall–Kier alpha value is -0.250. The number of hydrazine groups is 1. The Morgan fingerprint density at radius 3 is 2.50 bits per heavy atom. The van der Waals surface area contributed by atoms with Gasteiger partial charge >= 0.3 is 0 Å². The number of nitrogens with one attached hydrogen (secondary N) is 1. The van der Waals surface area contributed by atoms with Crippen LogP contribution < -0.4 is 11.3 Å². The molecule has 0 aliphatic heterocycles. The number of hydrogen-bond donors (Lipinski definition) is 2. The van der Waals surface area contributed by atoms with E-state index in [2.05, 4.69) is 5.43 Å². The van der Waals surface area contributed by atoms with Crippen LogP contribution in [0.15, 0.2) is 24.3 Å². The van der Waals surface area contributed by atoms with Gasteiger partial charge in [0.2, 0.25) is 0 Å². The predicted molar refractivity (Wildman–Crippen MR) is 49.6 cm³/mol. The lowest BCUT2D eigenvalue weighted by Crippen LogP contribution is -2.05. The third-order valence-electron chi connectivity index (χ3n) is 0.991. The van der Waals surface area contributed by atoms with Crippen LogP contribution in [0.3, 0.4) is 0 Å². The van der Waals surface area contributed by atoms with Crippen molar-refractivity contribution in [2.24, 2.45) is 5.84 Å². The average Bonchev–Trinajstić information content (AvgIpc) is 1.88. The van der Waals surface area contributed by atoms with Crippen molar-refractivity contribution in [3.63, 3.8) is 0 Å². The molecule has 2 nitrogen and oxygen atoms in total. The van der Waals surface area contributed by atoms with Crippen molar-refractivity contribution in [3.05, 3.63) is 29.3 Å². The van der Waals surface area contributed by atoms with Gasteiger partial charge in [0.15, 0.2) is 0 Å². The van der Waals surface area contributed by atoms with Crippen molar-refractivity contribution < 1.29 is 0 Å². The van der Waals surface area contributed by atoms with Crippen LogP contribution in [-0.2, 0) is 0 Å². The molecule has 0 atom stereocenters. The van der Waals surface area contributed by atoms with Crippen LogP contribution in [0.25, 0.3) is 0 Å². The molecule has 0 heterocycles. The van der Waals surface area contributed by atoms with Gasteiger partial charge in [0, 0.05) is 10.7 Å². The van der Waals surface area contributed by atoms with Crippen molar-refractivity contribution in [1.82, 2.24) is 0 Å². The lowest BCUT2D eigenvalue weighted by atomic mass is 10.3. The van der Waals surface area contributed by atoms with Gasteiger partial charge in [-0.05, 0) is 18.2 Å². The van der Waals surface area contributed by atoms with E-state index in [1.54, 1.807) is 12.1 Å². The molecule has 4 heteroatoms.